The van der Waals surface area contributed by atoms with E-state index in [0.717, 1.165) is 21.3 Å². The summed E-state index contributed by atoms with van der Waals surface area (Å²) in [7, 11) is 0. The van der Waals surface area contributed by atoms with Crippen LogP contribution in [0.3, 0.4) is 0 Å². The van der Waals surface area contributed by atoms with Crippen LogP contribution in [0.4, 0.5) is 0 Å². The van der Waals surface area contributed by atoms with Crippen LogP contribution in [0.15, 0.2) is 34.8 Å². The summed E-state index contributed by atoms with van der Waals surface area (Å²) in [6.07, 6.45) is 0. The van der Waals surface area contributed by atoms with E-state index in [9.17, 15) is 5.11 Å². The van der Waals surface area contributed by atoms with Gasteiger partial charge in [-0.2, -0.15) is 0 Å². The van der Waals surface area contributed by atoms with E-state index in [-0.39, 0.29) is 5.75 Å². The van der Waals surface area contributed by atoms with E-state index < -0.39 is 0 Å². The van der Waals surface area contributed by atoms with Gasteiger partial charge in [-0.05, 0) is 50.1 Å². The smallest absolute Gasteiger partial charge is 0.221 e. The quantitative estimate of drug-likeness (QED) is 0.739. The maximum atomic E-state index is 11.7. The second-order valence-electron chi connectivity index (χ2n) is 4.42. The Morgan fingerprint density at radius 1 is 1.00 bits per heavy atom. The Kier molecular flexibility index (Phi) is 3.62. The van der Waals surface area contributed by atoms with Crippen LogP contribution < -0.4 is 4.74 Å². The number of ether oxygens (including phenoxy) is 1. The molecule has 0 atom stereocenters. The molecule has 0 N–H and O–H groups in total. The Morgan fingerprint density at radius 3 is 2.22 bits per heavy atom. The molecule has 0 aliphatic heterocycles. The van der Waals surface area contributed by atoms with Crippen molar-refractivity contribution in [3.63, 3.8) is 0 Å². The summed E-state index contributed by atoms with van der Waals surface area (Å²) in [5.41, 5.74) is 3.26. The van der Waals surface area contributed by atoms with Crippen molar-refractivity contribution in [1.29, 1.82) is 0 Å². The highest BCUT2D eigenvalue weighted by atomic mass is 79.9. The van der Waals surface area contributed by atoms with Crippen molar-refractivity contribution in [1.82, 2.24) is 0 Å². The van der Waals surface area contributed by atoms with Gasteiger partial charge < -0.3 is 4.74 Å². The highest BCUT2D eigenvalue weighted by molar-refractivity contribution is 9.10. The Balaban J connectivity index is 2.43. The Morgan fingerprint density at radius 2 is 1.61 bits per heavy atom. The van der Waals surface area contributed by atoms with Crippen molar-refractivity contribution in [3.8, 4) is 17.2 Å². The van der Waals surface area contributed by atoms with E-state index in [1.165, 1.54) is 11.6 Å². The summed E-state index contributed by atoms with van der Waals surface area (Å²) < 4.78 is 6.60. The van der Waals surface area contributed by atoms with Gasteiger partial charge in [0.1, 0.15) is 5.75 Å². The fourth-order valence-electron chi connectivity index (χ4n) is 2.00. The van der Waals surface area contributed by atoms with E-state index in [4.69, 9.17) is 4.74 Å². The molecule has 2 nitrogen and oxygen atoms in total. The summed E-state index contributed by atoms with van der Waals surface area (Å²) in [5.74, 6) is 0.993. The maximum absolute atomic E-state index is 11.7. The maximum Gasteiger partial charge on any atom is 0.221 e. The second kappa shape index (κ2) is 5.02. The third kappa shape index (κ3) is 2.67. The Labute approximate surface area is 115 Å². The van der Waals surface area contributed by atoms with Crippen LogP contribution in [0.25, 0.3) is 0 Å². The predicted octanol–water partition coefficient (Wildman–Crippen LogP) is 5.31. The minimum atomic E-state index is -0.113. The van der Waals surface area contributed by atoms with Crippen molar-refractivity contribution < 1.29 is 9.84 Å². The van der Waals surface area contributed by atoms with Crippen LogP contribution in [0, 0.1) is 20.8 Å². The predicted molar refractivity (Wildman–Crippen MR) is 75.0 cm³/mol. The van der Waals surface area contributed by atoms with Gasteiger partial charge in [0.2, 0.25) is 5.75 Å². The van der Waals surface area contributed by atoms with Gasteiger partial charge in [-0.3, -0.25) is 5.11 Å². The van der Waals surface area contributed by atoms with Crippen LogP contribution in [0.1, 0.15) is 16.7 Å². The molecule has 0 aliphatic rings. The molecule has 0 heterocycles. The van der Waals surface area contributed by atoms with Gasteiger partial charge >= 0.3 is 0 Å². The van der Waals surface area contributed by atoms with Gasteiger partial charge in [-0.25, -0.2) is 0 Å². The van der Waals surface area contributed by atoms with Crippen LogP contribution in [-0.2, 0) is 5.11 Å². The van der Waals surface area contributed by atoms with Crippen LogP contribution in [0.5, 0.6) is 17.2 Å². The van der Waals surface area contributed by atoms with Gasteiger partial charge in [-0.1, -0.05) is 33.6 Å². The molecule has 0 fully saturated rings. The molecule has 2 rings (SSSR count). The molecule has 0 saturated heterocycles. The molecule has 0 amide bonds. The first-order valence-electron chi connectivity index (χ1n) is 5.69. The molecule has 0 bridgehead atoms. The molecular formula is C15H14BrO2. The highest BCUT2D eigenvalue weighted by Gasteiger charge is 2.11. The normalized spacial score (nSPS) is 10.4. The van der Waals surface area contributed by atoms with E-state index in [2.05, 4.69) is 15.9 Å². The molecule has 0 aromatic heterocycles. The second-order valence-corrected chi connectivity index (χ2v) is 5.34. The first-order chi connectivity index (χ1) is 8.47. The third-order valence-corrected chi connectivity index (χ3v) is 3.22. The monoisotopic (exact) mass is 305 g/mol. The van der Waals surface area contributed by atoms with Gasteiger partial charge in [0.25, 0.3) is 0 Å². The first-order valence-corrected chi connectivity index (χ1v) is 6.49. The summed E-state index contributed by atoms with van der Waals surface area (Å²) in [6, 6.07) is 9.00. The third-order valence-electron chi connectivity index (χ3n) is 2.72. The minimum Gasteiger partial charge on any atom is -0.453 e. The standard InChI is InChI=1S/C15H14BrO2/c1-9-6-10(2)15(11(3)7-9)18-14-8-12(16)4-5-13(14)17/h4-8H,1-3H3. The fraction of sp³-hybridized carbons (Fsp3) is 0.200. The van der Waals surface area contributed by atoms with E-state index in [1.54, 1.807) is 12.1 Å². The lowest BCUT2D eigenvalue weighted by atomic mass is 10.1. The van der Waals surface area contributed by atoms with Crippen LogP contribution >= 0.6 is 15.9 Å². The van der Waals surface area contributed by atoms with Crippen molar-refractivity contribution in [2.75, 3.05) is 0 Å². The number of benzene rings is 2. The van der Waals surface area contributed by atoms with Gasteiger partial charge in [-0.15, -0.1) is 0 Å². The summed E-state index contributed by atoms with van der Waals surface area (Å²) >= 11 is 3.34. The molecule has 0 spiro atoms. The zero-order chi connectivity index (χ0) is 13.3. The molecule has 93 valence electrons. The van der Waals surface area contributed by atoms with Gasteiger partial charge in [0.15, 0.2) is 5.75 Å². The van der Waals surface area contributed by atoms with Crippen LogP contribution in [0.2, 0.25) is 0 Å². The van der Waals surface area contributed by atoms with Crippen LogP contribution in [-0.4, -0.2) is 0 Å². The van der Waals surface area contributed by atoms with E-state index in [1.807, 2.05) is 32.9 Å². The molecule has 3 heteroatoms. The average Bonchev–Trinajstić information content (AvgIpc) is 2.28. The molecule has 2 aromatic rings. The number of rotatable bonds is 2. The van der Waals surface area contributed by atoms with Crippen molar-refractivity contribution in [2.45, 2.75) is 20.8 Å². The Hall–Kier alpha value is -1.48. The lowest BCUT2D eigenvalue weighted by molar-refractivity contribution is 0.328. The first kappa shape index (κ1) is 13.0. The zero-order valence-corrected chi connectivity index (χ0v) is 12.2. The lowest BCUT2D eigenvalue weighted by Gasteiger charge is -2.13. The average molecular weight is 306 g/mol. The molecule has 2 aromatic carbocycles. The molecule has 0 saturated carbocycles. The van der Waals surface area contributed by atoms with Crippen molar-refractivity contribution in [2.24, 2.45) is 0 Å². The molecule has 0 aliphatic carbocycles. The van der Waals surface area contributed by atoms with E-state index >= 15 is 0 Å². The molecule has 0 unspecified atom stereocenters. The number of halogens is 1. The molecule has 18 heavy (non-hydrogen) atoms. The van der Waals surface area contributed by atoms with Gasteiger partial charge in [0, 0.05) is 4.47 Å². The number of hydrogen-bond acceptors (Lipinski definition) is 1. The largest absolute Gasteiger partial charge is 0.453 e. The summed E-state index contributed by atoms with van der Waals surface area (Å²) in [6.45, 7) is 6.01. The topological polar surface area (TPSA) is 29.1 Å². The zero-order valence-electron chi connectivity index (χ0n) is 10.6. The minimum absolute atomic E-state index is 0.113. The lowest BCUT2D eigenvalue weighted by Crippen LogP contribution is -1.92. The molecular weight excluding hydrogens is 292 g/mol. The summed E-state index contributed by atoms with van der Waals surface area (Å²) in [4.78, 5) is 0. The SMILES string of the molecule is Cc1cc(C)c(Oc2cc(Br)ccc2[O])c(C)c1. The molecule has 1 radical (unpaired) electrons. The highest BCUT2D eigenvalue weighted by Crippen LogP contribution is 2.36. The number of aryl methyl sites for hydroxylation is 3. The summed E-state index contributed by atoms with van der Waals surface area (Å²) in [5, 5.41) is 11.7. The van der Waals surface area contributed by atoms with Crippen molar-refractivity contribution >= 4 is 15.9 Å². The number of hydrogen-bond donors (Lipinski definition) is 0. The van der Waals surface area contributed by atoms with Gasteiger partial charge in [0.05, 0.1) is 0 Å². The fourth-order valence-corrected chi connectivity index (χ4v) is 2.34. The van der Waals surface area contributed by atoms with Crippen molar-refractivity contribution in [3.05, 3.63) is 51.5 Å². The Bertz CT molecular complexity index is 568. The van der Waals surface area contributed by atoms with E-state index in [0.29, 0.717) is 5.75 Å².